The quantitative estimate of drug-likeness (QED) is 0.744. The van der Waals surface area contributed by atoms with E-state index in [1.54, 1.807) is 0 Å². The third-order valence-corrected chi connectivity index (χ3v) is 5.38. The fourth-order valence-electron chi connectivity index (χ4n) is 3.00. The van der Waals surface area contributed by atoms with Crippen LogP contribution in [0.1, 0.15) is 11.3 Å². The van der Waals surface area contributed by atoms with Crippen molar-refractivity contribution in [1.29, 1.82) is 0 Å². The van der Waals surface area contributed by atoms with Crippen LogP contribution in [0.25, 0.3) is 11.0 Å². The van der Waals surface area contributed by atoms with Crippen molar-refractivity contribution in [3.05, 3.63) is 15.7 Å². The minimum absolute atomic E-state index is 0.0835. The Morgan fingerprint density at radius 2 is 1.96 bits per heavy atom. The molecule has 0 bridgehead atoms. The largest absolute Gasteiger partial charge is 0.390 e. The van der Waals surface area contributed by atoms with Crippen molar-refractivity contribution in [2.24, 2.45) is 0 Å². The molecule has 0 amide bonds. The minimum Gasteiger partial charge on any atom is -0.390 e. The van der Waals surface area contributed by atoms with E-state index in [2.05, 4.69) is 46.4 Å². The van der Waals surface area contributed by atoms with Gasteiger partial charge in [-0.1, -0.05) is 0 Å². The molecule has 3 heterocycles. The molecule has 2 aromatic heterocycles. The number of hydrogen-bond acceptors (Lipinski definition) is 7. The number of aryl methyl sites for hydroxylation is 2. The first kappa shape index (κ1) is 16.4. The van der Waals surface area contributed by atoms with Crippen LogP contribution in [0, 0.1) is 13.8 Å². The lowest BCUT2D eigenvalue weighted by atomic mass is 10.1. The topological polar surface area (TPSA) is 86.2 Å². The van der Waals surface area contributed by atoms with Gasteiger partial charge in [0.05, 0.1) is 23.2 Å². The number of anilines is 2. The SMILES string of the molecule is CNc1nc(NC2CN(C)CC2O)nc2nc(C)c(Br)c(C)c12. The average Bonchev–Trinajstić information content (AvgIpc) is 2.81. The number of aromatic nitrogens is 3. The van der Waals surface area contributed by atoms with E-state index in [1.807, 2.05) is 27.9 Å². The first-order valence-corrected chi connectivity index (χ1v) is 8.35. The van der Waals surface area contributed by atoms with Gasteiger partial charge in [-0.3, -0.25) is 0 Å². The third-order valence-electron chi connectivity index (χ3n) is 4.21. The van der Waals surface area contributed by atoms with Crippen LogP contribution in [-0.4, -0.2) is 64.3 Å². The van der Waals surface area contributed by atoms with E-state index in [4.69, 9.17) is 0 Å². The number of halogens is 1. The van der Waals surface area contributed by atoms with Crippen LogP contribution in [0.5, 0.6) is 0 Å². The van der Waals surface area contributed by atoms with E-state index in [0.717, 1.165) is 33.5 Å². The second kappa shape index (κ2) is 6.18. The first-order chi connectivity index (χ1) is 10.9. The Labute approximate surface area is 143 Å². The smallest absolute Gasteiger partial charge is 0.227 e. The molecule has 0 saturated carbocycles. The van der Waals surface area contributed by atoms with E-state index in [0.29, 0.717) is 18.1 Å². The zero-order valence-electron chi connectivity index (χ0n) is 13.7. The van der Waals surface area contributed by atoms with Gasteiger partial charge in [0, 0.05) is 24.6 Å². The van der Waals surface area contributed by atoms with Gasteiger partial charge in [0.1, 0.15) is 5.82 Å². The zero-order chi connectivity index (χ0) is 16.7. The number of hydrogen-bond donors (Lipinski definition) is 3. The Morgan fingerprint density at radius 3 is 2.57 bits per heavy atom. The number of likely N-dealkylation sites (tertiary alicyclic amines) is 1. The Hall–Kier alpha value is -1.51. The number of rotatable bonds is 3. The number of fused-ring (bicyclic) bond motifs is 1. The molecule has 0 radical (unpaired) electrons. The molecule has 1 aliphatic heterocycles. The van der Waals surface area contributed by atoms with Crippen LogP contribution in [0.15, 0.2) is 4.47 Å². The number of β-amino-alcohol motifs (C(OH)–C–C–N with tert-alkyl or cyclic N) is 1. The highest BCUT2D eigenvalue weighted by molar-refractivity contribution is 9.10. The highest BCUT2D eigenvalue weighted by Gasteiger charge is 2.29. The molecular weight excluding hydrogens is 360 g/mol. The lowest BCUT2D eigenvalue weighted by molar-refractivity contribution is 0.174. The summed E-state index contributed by atoms with van der Waals surface area (Å²) in [6.07, 6.45) is -0.432. The van der Waals surface area contributed by atoms with E-state index in [9.17, 15) is 5.11 Å². The first-order valence-electron chi connectivity index (χ1n) is 7.56. The van der Waals surface area contributed by atoms with Gasteiger partial charge in [-0.2, -0.15) is 9.97 Å². The second-order valence-electron chi connectivity index (χ2n) is 6.02. The maximum Gasteiger partial charge on any atom is 0.227 e. The van der Waals surface area contributed by atoms with Crippen molar-refractivity contribution in [2.45, 2.75) is 26.0 Å². The second-order valence-corrected chi connectivity index (χ2v) is 6.81. The van der Waals surface area contributed by atoms with Gasteiger partial charge in [-0.15, -0.1) is 0 Å². The van der Waals surface area contributed by atoms with Crippen LogP contribution >= 0.6 is 15.9 Å². The lowest BCUT2D eigenvalue weighted by Gasteiger charge is -2.17. The predicted molar refractivity (Wildman–Crippen MR) is 95.0 cm³/mol. The molecule has 0 spiro atoms. The highest BCUT2D eigenvalue weighted by atomic mass is 79.9. The number of nitrogens with one attached hydrogen (secondary N) is 2. The molecule has 7 nitrogen and oxygen atoms in total. The molecule has 8 heteroatoms. The molecule has 2 atom stereocenters. The molecule has 124 valence electrons. The lowest BCUT2D eigenvalue weighted by Crippen LogP contribution is -2.32. The summed E-state index contributed by atoms with van der Waals surface area (Å²) >= 11 is 3.57. The Bertz CT molecular complexity index is 753. The molecule has 2 aromatic rings. The van der Waals surface area contributed by atoms with Crippen molar-refractivity contribution in [2.75, 3.05) is 37.8 Å². The predicted octanol–water partition coefficient (Wildman–Crippen LogP) is 1.53. The van der Waals surface area contributed by atoms with Gasteiger partial charge in [0.15, 0.2) is 5.65 Å². The molecule has 3 rings (SSSR count). The third kappa shape index (κ3) is 2.98. The Morgan fingerprint density at radius 1 is 1.22 bits per heavy atom. The standard InChI is InChI=1S/C15H21BrN6O/c1-7-11-13(17-3)20-15(19-9-5-22(4)6-10(9)23)21-14(11)18-8(2)12(7)16/h9-10,23H,5-6H2,1-4H3,(H2,17,18,19,20,21). The monoisotopic (exact) mass is 380 g/mol. The summed E-state index contributed by atoms with van der Waals surface area (Å²) in [5.41, 5.74) is 2.59. The average molecular weight is 381 g/mol. The summed E-state index contributed by atoms with van der Waals surface area (Å²) in [7, 11) is 3.81. The summed E-state index contributed by atoms with van der Waals surface area (Å²) < 4.78 is 0.971. The highest BCUT2D eigenvalue weighted by Crippen LogP contribution is 2.31. The normalized spacial score (nSPS) is 21.8. The number of likely N-dealkylation sites (N-methyl/N-ethyl adjacent to an activating group) is 1. The Kier molecular flexibility index (Phi) is 4.39. The molecule has 1 saturated heterocycles. The maximum absolute atomic E-state index is 10.1. The van der Waals surface area contributed by atoms with Crippen molar-refractivity contribution in [3.8, 4) is 0 Å². The molecule has 2 unspecified atom stereocenters. The van der Waals surface area contributed by atoms with Crippen molar-refractivity contribution in [3.63, 3.8) is 0 Å². The van der Waals surface area contributed by atoms with Crippen molar-refractivity contribution < 1.29 is 5.11 Å². The molecule has 1 aliphatic rings. The van der Waals surface area contributed by atoms with Gasteiger partial charge >= 0.3 is 0 Å². The molecule has 0 aliphatic carbocycles. The van der Waals surface area contributed by atoms with Gasteiger partial charge < -0.3 is 20.6 Å². The summed E-state index contributed by atoms with van der Waals surface area (Å²) in [4.78, 5) is 15.7. The van der Waals surface area contributed by atoms with Crippen LogP contribution in [0.3, 0.4) is 0 Å². The molecule has 23 heavy (non-hydrogen) atoms. The number of aliphatic hydroxyl groups is 1. The van der Waals surface area contributed by atoms with E-state index < -0.39 is 6.10 Å². The summed E-state index contributed by atoms with van der Waals surface area (Å²) in [5.74, 6) is 1.21. The van der Waals surface area contributed by atoms with E-state index in [1.165, 1.54) is 0 Å². The van der Waals surface area contributed by atoms with Crippen LogP contribution < -0.4 is 10.6 Å². The van der Waals surface area contributed by atoms with E-state index >= 15 is 0 Å². The maximum atomic E-state index is 10.1. The minimum atomic E-state index is -0.432. The van der Waals surface area contributed by atoms with Gasteiger partial charge in [0.25, 0.3) is 0 Å². The van der Waals surface area contributed by atoms with E-state index in [-0.39, 0.29) is 6.04 Å². The fourth-order valence-corrected chi connectivity index (χ4v) is 3.28. The van der Waals surface area contributed by atoms with Crippen molar-refractivity contribution >= 4 is 38.7 Å². The van der Waals surface area contributed by atoms with Gasteiger partial charge in [-0.05, 0) is 42.4 Å². The molecule has 3 N–H and O–H groups in total. The van der Waals surface area contributed by atoms with Crippen LogP contribution in [-0.2, 0) is 0 Å². The number of aliphatic hydroxyl groups excluding tert-OH is 1. The fraction of sp³-hybridized carbons (Fsp3) is 0.533. The molecule has 0 aromatic carbocycles. The number of pyridine rings is 1. The summed E-state index contributed by atoms with van der Waals surface area (Å²) in [6, 6.07) is -0.0835. The molecular formula is C15H21BrN6O. The molecule has 1 fully saturated rings. The van der Waals surface area contributed by atoms with Gasteiger partial charge in [0.2, 0.25) is 5.95 Å². The van der Waals surface area contributed by atoms with Gasteiger partial charge in [-0.25, -0.2) is 4.98 Å². The van der Waals surface area contributed by atoms with Crippen LogP contribution in [0.4, 0.5) is 11.8 Å². The van der Waals surface area contributed by atoms with Crippen molar-refractivity contribution in [1.82, 2.24) is 19.9 Å². The zero-order valence-corrected chi connectivity index (χ0v) is 15.3. The summed E-state index contributed by atoms with van der Waals surface area (Å²) in [5, 5.41) is 17.3. The number of nitrogens with zero attached hydrogens (tertiary/aromatic N) is 4. The van der Waals surface area contributed by atoms with Crippen LogP contribution in [0.2, 0.25) is 0 Å². The summed E-state index contributed by atoms with van der Waals surface area (Å²) in [6.45, 7) is 5.37. The Balaban J connectivity index is 2.04.